The number of aromatic amines is 1. The van der Waals surface area contributed by atoms with Crippen LogP contribution in [0.5, 0.6) is 0 Å². The SMILES string of the molecule is Cc1cccc2c(CCC(=O)NC[C@H](O)c3ccsc3)c[nH]c12. The van der Waals surface area contributed by atoms with Crippen molar-refractivity contribution in [1.29, 1.82) is 0 Å². The van der Waals surface area contributed by atoms with Crippen LogP contribution in [0.25, 0.3) is 10.9 Å². The van der Waals surface area contributed by atoms with Crippen molar-refractivity contribution in [3.8, 4) is 0 Å². The minimum Gasteiger partial charge on any atom is -0.387 e. The van der Waals surface area contributed by atoms with Crippen molar-refractivity contribution in [2.24, 2.45) is 0 Å². The molecule has 0 saturated carbocycles. The molecule has 0 aliphatic rings. The van der Waals surface area contributed by atoms with Crippen molar-refractivity contribution < 1.29 is 9.90 Å². The number of benzene rings is 1. The maximum absolute atomic E-state index is 12.0. The lowest BCUT2D eigenvalue weighted by Gasteiger charge is -2.10. The molecule has 5 heteroatoms. The highest BCUT2D eigenvalue weighted by atomic mass is 32.1. The fraction of sp³-hybridized carbons (Fsp3) is 0.278. The maximum atomic E-state index is 12.0. The molecule has 0 radical (unpaired) electrons. The van der Waals surface area contributed by atoms with E-state index >= 15 is 0 Å². The molecule has 0 aliphatic carbocycles. The fourth-order valence-corrected chi connectivity index (χ4v) is 3.41. The number of aliphatic hydroxyl groups is 1. The highest BCUT2D eigenvalue weighted by Crippen LogP contribution is 2.22. The average molecular weight is 328 g/mol. The molecule has 0 unspecified atom stereocenters. The van der Waals surface area contributed by atoms with Crippen molar-refractivity contribution in [2.45, 2.75) is 25.9 Å². The summed E-state index contributed by atoms with van der Waals surface area (Å²) < 4.78 is 0. The Morgan fingerprint density at radius 2 is 2.26 bits per heavy atom. The van der Waals surface area contributed by atoms with Crippen LogP contribution in [-0.2, 0) is 11.2 Å². The summed E-state index contributed by atoms with van der Waals surface area (Å²) in [5.41, 5.74) is 4.34. The van der Waals surface area contributed by atoms with Gasteiger partial charge in [-0.25, -0.2) is 0 Å². The highest BCUT2D eigenvalue weighted by Gasteiger charge is 2.11. The van der Waals surface area contributed by atoms with Crippen LogP contribution in [-0.4, -0.2) is 22.5 Å². The van der Waals surface area contributed by atoms with Gasteiger partial charge in [0, 0.05) is 30.1 Å². The molecule has 23 heavy (non-hydrogen) atoms. The van der Waals surface area contributed by atoms with Crippen molar-refractivity contribution in [2.75, 3.05) is 6.54 Å². The van der Waals surface area contributed by atoms with E-state index < -0.39 is 6.10 Å². The number of H-pyrrole nitrogens is 1. The van der Waals surface area contributed by atoms with E-state index in [9.17, 15) is 9.90 Å². The fourth-order valence-electron chi connectivity index (χ4n) is 2.70. The number of carbonyl (C=O) groups is 1. The Hall–Kier alpha value is -2.11. The van der Waals surface area contributed by atoms with E-state index in [0.717, 1.165) is 16.6 Å². The molecule has 0 fully saturated rings. The van der Waals surface area contributed by atoms with Crippen LogP contribution in [0.3, 0.4) is 0 Å². The summed E-state index contributed by atoms with van der Waals surface area (Å²) in [5, 5.41) is 17.8. The second kappa shape index (κ2) is 6.98. The second-order valence-corrected chi connectivity index (χ2v) is 6.47. The number of fused-ring (bicyclic) bond motifs is 1. The number of thiophene rings is 1. The van der Waals surface area contributed by atoms with E-state index in [0.29, 0.717) is 12.8 Å². The van der Waals surface area contributed by atoms with Crippen LogP contribution in [0.2, 0.25) is 0 Å². The van der Waals surface area contributed by atoms with Crippen molar-refractivity contribution in [3.05, 3.63) is 57.9 Å². The predicted octanol–water partition coefficient (Wildman–Crippen LogP) is 3.32. The summed E-state index contributed by atoms with van der Waals surface area (Å²) >= 11 is 1.54. The highest BCUT2D eigenvalue weighted by molar-refractivity contribution is 7.07. The molecule has 0 bridgehead atoms. The summed E-state index contributed by atoms with van der Waals surface area (Å²) in [6.07, 6.45) is 2.44. The molecule has 1 amide bonds. The summed E-state index contributed by atoms with van der Waals surface area (Å²) in [4.78, 5) is 15.3. The largest absolute Gasteiger partial charge is 0.387 e. The Labute approximate surface area is 139 Å². The van der Waals surface area contributed by atoms with Gasteiger partial charge in [0.15, 0.2) is 0 Å². The molecule has 0 saturated heterocycles. The van der Waals surface area contributed by atoms with E-state index in [4.69, 9.17) is 0 Å². The lowest BCUT2D eigenvalue weighted by molar-refractivity contribution is -0.121. The van der Waals surface area contributed by atoms with E-state index in [-0.39, 0.29) is 12.5 Å². The topological polar surface area (TPSA) is 65.1 Å². The lowest BCUT2D eigenvalue weighted by Crippen LogP contribution is -2.28. The first kappa shape index (κ1) is 15.8. The number of hydrogen-bond acceptors (Lipinski definition) is 3. The first-order valence-corrected chi connectivity index (χ1v) is 8.62. The smallest absolute Gasteiger partial charge is 0.220 e. The van der Waals surface area contributed by atoms with Gasteiger partial charge in [0.25, 0.3) is 0 Å². The molecule has 0 aliphatic heterocycles. The maximum Gasteiger partial charge on any atom is 0.220 e. The van der Waals surface area contributed by atoms with Gasteiger partial charge in [0.2, 0.25) is 5.91 Å². The summed E-state index contributed by atoms with van der Waals surface area (Å²) in [7, 11) is 0. The van der Waals surface area contributed by atoms with Crippen LogP contribution in [0.15, 0.2) is 41.2 Å². The normalized spacial score (nSPS) is 12.4. The Balaban J connectivity index is 1.53. The zero-order valence-corrected chi connectivity index (χ0v) is 13.8. The molecule has 1 aromatic carbocycles. The van der Waals surface area contributed by atoms with Gasteiger partial charge in [0.05, 0.1) is 6.10 Å². The van der Waals surface area contributed by atoms with Gasteiger partial charge in [-0.1, -0.05) is 18.2 Å². The Bertz CT molecular complexity index is 793. The number of aromatic nitrogens is 1. The number of aliphatic hydroxyl groups excluding tert-OH is 1. The minimum atomic E-state index is -0.638. The number of aryl methyl sites for hydroxylation is 2. The Kier molecular flexibility index (Phi) is 4.79. The summed E-state index contributed by atoms with van der Waals surface area (Å²) in [6.45, 7) is 2.32. The molecule has 1 atom stereocenters. The lowest BCUT2D eigenvalue weighted by atomic mass is 10.1. The molecule has 0 spiro atoms. The standard InChI is InChI=1S/C18H20N2O2S/c1-12-3-2-4-15-13(9-20-18(12)15)5-6-17(22)19-10-16(21)14-7-8-23-11-14/h2-4,7-9,11,16,20-21H,5-6,10H2,1H3,(H,19,22)/t16-/m0/s1. The molecule has 120 valence electrons. The number of para-hydroxylation sites is 1. The first-order chi connectivity index (χ1) is 11.1. The minimum absolute atomic E-state index is 0.0405. The second-order valence-electron chi connectivity index (χ2n) is 5.69. The van der Waals surface area contributed by atoms with Gasteiger partial charge in [0.1, 0.15) is 0 Å². The number of rotatable bonds is 6. The van der Waals surface area contributed by atoms with Crippen molar-refractivity contribution in [1.82, 2.24) is 10.3 Å². The molecule has 3 N–H and O–H groups in total. The molecular formula is C18H20N2O2S. The molecule has 3 rings (SSSR count). The van der Waals surface area contributed by atoms with E-state index in [2.05, 4.69) is 29.4 Å². The molecule has 2 heterocycles. The third-order valence-corrected chi connectivity index (χ3v) is 4.75. The van der Waals surface area contributed by atoms with E-state index in [1.807, 2.05) is 29.1 Å². The van der Waals surface area contributed by atoms with E-state index in [1.54, 1.807) is 0 Å². The van der Waals surface area contributed by atoms with E-state index in [1.165, 1.54) is 22.3 Å². The zero-order valence-electron chi connectivity index (χ0n) is 13.0. The monoisotopic (exact) mass is 328 g/mol. The van der Waals surface area contributed by atoms with Crippen LogP contribution in [0, 0.1) is 6.92 Å². The van der Waals surface area contributed by atoms with Gasteiger partial charge in [-0.3, -0.25) is 4.79 Å². The molecular weight excluding hydrogens is 308 g/mol. The van der Waals surface area contributed by atoms with Crippen LogP contribution >= 0.6 is 11.3 Å². The predicted molar refractivity (Wildman–Crippen MR) is 93.6 cm³/mol. The Morgan fingerprint density at radius 1 is 1.39 bits per heavy atom. The summed E-state index contributed by atoms with van der Waals surface area (Å²) in [6, 6.07) is 8.05. The van der Waals surface area contributed by atoms with Gasteiger partial charge >= 0.3 is 0 Å². The zero-order chi connectivity index (χ0) is 16.2. The van der Waals surface area contributed by atoms with Gasteiger partial charge < -0.3 is 15.4 Å². The Morgan fingerprint density at radius 3 is 3.04 bits per heavy atom. The van der Waals surface area contributed by atoms with Crippen molar-refractivity contribution >= 4 is 28.1 Å². The first-order valence-electron chi connectivity index (χ1n) is 7.67. The summed E-state index contributed by atoms with van der Waals surface area (Å²) in [5.74, 6) is -0.0405. The quantitative estimate of drug-likeness (QED) is 0.650. The van der Waals surface area contributed by atoms with Gasteiger partial charge in [-0.05, 0) is 46.9 Å². The molecule has 2 aromatic heterocycles. The van der Waals surface area contributed by atoms with Crippen LogP contribution in [0.4, 0.5) is 0 Å². The number of nitrogens with one attached hydrogen (secondary N) is 2. The number of carbonyl (C=O) groups excluding carboxylic acids is 1. The van der Waals surface area contributed by atoms with Crippen molar-refractivity contribution in [3.63, 3.8) is 0 Å². The average Bonchev–Trinajstić information content (AvgIpc) is 3.21. The molecule has 3 aromatic rings. The van der Waals surface area contributed by atoms with Gasteiger partial charge in [-0.15, -0.1) is 0 Å². The number of amides is 1. The van der Waals surface area contributed by atoms with Crippen LogP contribution < -0.4 is 5.32 Å². The molecule has 4 nitrogen and oxygen atoms in total. The third kappa shape index (κ3) is 3.63. The van der Waals surface area contributed by atoms with Crippen LogP contribution in [0.1, 0.15) is 29.2 Å². The third-order valence-electron chi connectivity index (χ3n) is 4.05. The van der Waals surface area contributed by atoms with Gasteiger partial charge in [-0.2, -0.15) is 11.3 Å². The number of hydrogen-bond donors (Lipinski definition) is 3.